The minimum Gasteiger partial charge on any atom is -0.388 e. The van der Waals surface area contributed by atoms with Crippen LogP contribution in [0.5, 0.6) is 0 Å². The molecule has 4 heterocycles. The third-order valence-corrected chi connectivity index (χ3v) is 9.12. The lowest BCUT2D eigenvalue weighted by molar-refractivity contribution is -0.145. The molecule has 3 aliphatic rings. The molecule has 3 aliphatic heterocycles. The molecule has 3 aromatic rings. The molecule has 11 nitrogen and oxygen atoms in total. The van der Waals surface area contributed by atoms with E-state index in [1.807, 2.05) is 25.2 Å². The molecule has 6 rings (SSSR count). The summed E-state index contributed by atoms with van der Waals surface area (Å²) in [5.74, 6) is 1.10. The van der Waals surface area contributed by atoms with Gasteiger partial charge in [0.05, 0.1) is 38.5 Å². The van der Waals surface area contributed by atoms with Crippen molar-refractivity contribution in [2.24, 2.45) is 0 Å². The van der Waals surface area contributed by atoms with E-state index in [2.05, 4.69) is 54.8 Å². The van der Waals surface area contributed by atoms with Crippen molar-refractivity contribution in [1.29, 1.82) is 0 Å². The number of anilines is 3. The Hall–Kier alpha value is -3.71. The molecule has 45 heavy (non-hydrogen) atoms. The predicted octanol–water partition coefficient (Wildman–Crippen LogP) is 3.74. The molecule has 0 bridgehead atoms. The maximum absolute atomic E-state index is 14.8. The van der Waals surface area contributed by atoms with Crippen molar-refractivity contribution in [3.63, 3.8) is 0 Å². The number of amides is 1. The lowest BCUT2D eigenvalue weighted by Gasteiger charge is -2.41. The number of hydrogen-bond donors (Lipinski definition) is 3. The van der Waals surface area contributed by atoms with Crippen molar-refractivity contribution in [1.82, 2.24) is 24.8 Å². The number of alkyl halides is 1. The van der Waals surface area contributed by atoms with Crippen LogP contribution in [0.4, 0.5) is 21.7 Å². The highest BCUT2D eigenvalue weighted by molar-refractivity contribution is 5.80. The number of aliphatic hydroxyl groups excluding tert-OH is 1. The summed E-state index contributed by atoms with van der Waals surface area (Å²) in [4.78, 5) is 29.3. The van der Waals surface area contributed by atoms with Gasteiger partial charge in [-0.15, -0.1) is 0 Å². The Labute approximate surface area is 263 Å². The molecule has 2 aromatic carbocycles. The van der Waals surface area contributed by atoms with E-state index in [-0.39, 0.29) is 13.2 Å². The van der Waals surface area contributed by atoms with Gasteiger partial charge in [0, 0.05) is 36.1 Å². The minimum absolute atomic E-state index is 0.0810. The average molecular weight is 620 g/mol. The maximum atomic E-state index is 14.8. The highest BCUT2D eigenvalue weighted by Gasteiger charge is 2.33. The van der Waals surface area contributed by atoms with E-state index in [9.17, 15) is 14.3 Å². The molecule has 0 unspecified atom stereocenters. The molecule has 3 atom stereocenters. The Morgan fingerprint density at radius 2 is 1.89 bits per heavy atom. The van der Waals surface area contributed by atoms with Gasteiger partial charge in [-0.3, -0.25) is 9.69 Å². The molecule has 12 heteroatoms. The van der Waals surface area contributed by atoms with Crippen LogP contribution in [0, 0.1) is 0 Å². The van der Waals surface area contributed by atoms with Crippen LogP contribution in [-0.4, -0.2) is 107 Å². The second-order valence-corrected chi connectivity index (χ2v) is 12.1. The average Bonchev–Trinajstić information content (AvgIpc) is 3.04. The summed E-state index contributed by atoms with van der Waals surface area (Å²) in [5.41, 5.74) is 4.77. The van der Waals surface area contributed by atoms with Crippen LogP contribution < -0.4 is 10.6 Å². The van der Waals surface area contributed by atoms with E-state index in [0.29, 0.717) is 36.7 Å². The quantitative estimate of drug-likeness (QED) is 0.309. The van der Waals surface area contributed by atoms with Crippen LogP contribution in [0.3, 0.4) is 0 Å². The van der Waals surface area contributed by atoms with Crippen LogP contribution in [-0.2, 0) is 20.9 Å². The van der Waals surface area contributed by atoms with Gasteiger partial charge in [0.25, 0.3) is 5.91 Å². The highest BCUT2D eigenvalue weighted by atomic mass is 19.1. The number of carbonyl (C=O) groups is 1. The number of benzene rings is 2. The van der Waals surface area contributed by atoms with E-state index in [1.54, 1.807) is 0 Å². The van der Waals surface area contributed by atoms with Crippen LogP contribution in [0.2, 0.25) is 0 Å². The van der Waals surface area contributed by atoms with Crippen LogP contribution in [0.15, 0.2) is 48.8 Å². The summed E-state index contributed by atoms with van der Waals surface area (Å²) in [6.45, 7) is 5.88. The third kappa shape index (κ3) is 7.41. The van der Waals surface area contributed by atoms with Gasteiger partial charge in [-0.1, -0.05) is 24.3 Å². The fourth-order valence-electron chi connectivity index (χ4n) is 6.30. The first kappa shape index (κ1) is 31.3. The van der Waals surface area contributed by atoms with E-state index in [4.69, 9.17) is 9.47 Å². The predicted molar refractivity (Wildman–Crippen MR) is 169 cm³/mol. The molecule has 0 saturated carbocycles. The summed E-state index contributed by atoms with van der Waals surface area (Å²) >= 11 is 0. The van der Waals surface area contributed by atoms with Crippen molar-refractivity contribution in [3.05, 3.63) is 59.9 Å². The number of nitrogens with zero attached hydrogens (tertiary/aromatic N) is 5. The maximum Gasteiger partial charge on any atom is 0.251 e. The fourth-order valence-corrected chi connectivity index (χ4v) is 6.30. The Bertz CT molecular complexity index is 1450. The van der Waals surface area contributed by atoms with Gasteiger partial charge in [-0.05, 0) is 69.0 Å². The van der Waals surface area contributed by atoms with E-state index in [0.717, 1.165) is 48.8 Å². The molecular formula is C33H42FN7O4. The molecule has 3 fully saturated rings. The van der Waals surface area contributed by atoms with Crippen molar-refractivity contribution >= 4 is 23.2 Å². The molecule has 3 saturated heterocycles. The molecule has 0 spiro atoms. The van der Waals surface area contributed by atoms with E-state index >= 15 is 0 Å². The summed E-state index contributed by atoms with van der Waals surface area (Å²) in [7, 11) is 1.82. The number of nitrogens with one attached hydrogen (secondary N) is 2. The second-order valence-electron chi connectivity index (χ2n) is 12.1. The van der Waals surface area contributed by atoms with Crippen molar-refractivity contribution in [3.8, 4) is 11.4 Å². The number of hydrogen-bond acceptors (Lipinski definition) is 10. The van der Waals surface area contributed by atoms with Gasteiger partial charge < -0.3 is 30.1 Å². The number of aromatic nitrogens is 3. The number of ether oxygens (including phenoxy) is 2. The molecule has 0 radical (unpaired) electrons. The number of piperidine rings is 2. The normalized spacial score (nSPS) is 22.1. The van der Waals surface area contributed by atoms with Gasteiger partial charge in [0.15, 0.2) is 5.82 Å². The topological polar surface area (TPSA) is 125 Å². The first-order valence-electron chi connectivity index (χ1n) is 15.8. The Morgan fingerprint density at radius 3 is 2.56 bits per heavy atom. The number of aliphatic hydroxyl groups is 1. The Morgan fingerprint density at radius 1 is 1.11 bits per heavy atom. The smallest absolute Gasteiger partial charge is 0.251 e. The van der Waals surface area contributed by atoms with Crippen LogP contribution in [0.25, 0.3) is 11.4 Å². The summed E-state index contributed by atoms with van der Waals surface area (Å²) < 4.78 is 26.1. The second kappa shape index (κ2) is 14.2. The lowest BCUT2D eigenvalue weighted by Crippen LogP contribution is -2.51. The third-order valence-electron chi connectivity index (χ3n) is 9.12. The molecule has 0 aliphatic carbocycles. The molecule has 1 aromatic heterocycles. The fraction of sp³-hybridized carbons (Fsp3) is 0.515. The SMILES string of the molecule is CNc1cc(-c2ncnc(Nc3ccc(C4CCN(C5COC5)CC4)cc3)n2)ccc1CO[C@H]1CCN(C(=O)[C@H](C)O)C[C@H]1F. The van der Waals surface area contributed by atoms with Crippen molar-refractivity contribution in [2.45, 2.75) is 63.1 Å². The zero-order valence-corrected chi connectivity index (χ0v) is 25.9. The molecule has 3 N–H and O–H groups in total. The minimum atomic E-state index is -1.32. The van der Waals surface area contributed by atoms with Gasteiger partial charge in [-0.25, -0.2) is 14.4 Å². The largest absolute Gasteiger partial charge is 0.388 e. The van der Waals surface area contributed by atoms with Crippen molar-refractivity contribution in [2.75, 3.05) is 57.1 Å². The number of likely N-dealkylation sites (tertiary alicyclic amines) is 2. The first-order valence-corrected chi connectivity index (χ1v) is 15.8. The molecule has 240 valence electrons. The van der Waals surface area contributed by atoms with Gasteiger partial charge >= 0.3 is 0 Å². The first-order chi connectivity index (χ1) is 21.9. The lowest BCUT2D eigenvalue weighted by atomic mass is 9.88. The number of rotatable bonds is 10. The van der Waals surface area contributed by atoms with E-state index in [1.165, 1.54) is 36.6 Å². The Balaban J connectivity index is 1.04. The van der Waals surface area contributed by atoms with Crippen LogP contribution in [0.1, 0.15) is 43.2 Å². The summed E-state index contributed by atoms with van der Waals surface area (Å²) in [5, 5.41) is 16.0. The van der Waals surface area contributed by atoms with Gasteiger partial charge in [-0.2, -0.15) is 4.98 Å². The standard InChI is InChI=1S/C33H42FN7O4/c1-21(42)32(43)41-14-11-30(28(34)16-41)45-17-25-4-3-24(15-29(25)35-2)31-36-20-37-33(39-31)38-26-7-5-22(6-8-26)23-9-12-40(13-10-23)27-18-44-19-27/h3-8,15,20-21,23,27-28,30,35,42H,9-14,16-19H2,1-2H3,(H,36,37,38,39)/t21-,28+,30-/m0/s1. The van der Waals surface area contributed by atoms with Crippen LogP contribution >= 0.6 is 0 Å². The summed E-state index contributed by atoms with van der Waals surface area (Å²) in [6.07, 6.45) is 1.11. The number of carbonyl (C=O) groups excluding carboxylic acids is 1. The Kier molecular flexibility index (Phi) is 9.84. The summed E-state index contributed by atoms with van der Waals surface area (Å²) in [6, 6.07) is 14.9. The van der Waals surface area contributed by atoms with Gasteiger partial charge in [0.1, 0.15) is 18.6 Å². The zero-order chi connectivity index (χ0) is 31.3. The zero-order valence-electron chi connectivity index (χ0n) is 25.9. The van der Waals surface area contributed by atoms with Gasteiger partial charge in [0.2, 0.25) is 5.95 Å². The number of halogens is 1. The van der Waals surface area contributed by atoms with Crippen molar-refractivity contribution < 1.29 is 23.8 Å². The molecular weight excluding hydrogens is 577 g/mol. The van der Waals surface area contributed by atoms with E-state index < -0.39 is 24.3 Å². The highest BCUT2D eigenvalue weighted by Crippen LogP contribution is 2.31. The molecule has 1 amide bonds. The monoisotopic (exact) mass is 619 g/mol.